The van der Waals surface area contributed by atoms with Crippen LogP contribution in [0.3, 0.4) is 0 Å². The number of aliphatic hydroxyl groups excluding tert-OH is 1. The lowest BCUT2D eigenvalue weighted by atomic mass is 9.93. The summed E-state index contributed by atoms with van der Waals surface area (Å²) in [5, 5.41) is 10.3. The maximum Gasteiger partial charge on any atom is 0.124 e. The van der Waals surface area contributed by atoms with E-state index in [1.807, 2.05) is 24.3 Å². The summed E-state index contributed by atoms with van der Waals surface area (Å²) in [6.45, 7) is 0.0645. The maximum atomic E-state index is 13.1. The predicted octanol–water partition coefficient (Wildman–Crippen LogP) is 4.64. The molecule has 0 aliphatic rings. The van der Waals surface area contributed by atoms with Crippen molar-refractivity contribution in [3.8, 4) is 0 Å². The van der Waals surface area contributed by atoms with E-state index in [-0.39, 0.29) is 18.3 Å². The largest absolute Gasteiger partial charge is 0.396 e. The molecule has 0 fully saturated rings. The molecule has 0 saturated carbocycles. The van der Waals surface area contributed by atoms with Gasteiger partial charge in [0.25, 0.3) is 0 Å². The summed E-state index contributed by atoms with van der Waals surface area (Å²) in [6.07, 6.45) is 1.36. The molecule has 4 heteroatoms. The molecule has 2 aromatic carbocycles. The third-order valence-corrected chi connectivity index (χ3v) is 4.36. The highest BCUT2D eigenvalue weighted by Gasteiger charge is 2.13. The van der Waals surface area contributed by atoms with Crippen LogP contribution in [0.25, 0.3) is 0 Å². The van der Waals surface area contributed by atoms with E-state index >= 15 is 0 Å². The molecule has 0 heterocycles. The van der Waals surface area contributed by atoms with Crippen LogP contribution in [0.5, 0.6) is 0 Å². The van der Waals surface area contributed by atoms with E-state index in [0.717, 1.165) is 15.6 Å². The monoisotopic (exact) mass is 356 g/mol. The Morgan fingerprint density at radius 1 is 1.10 bits per heavy atom. The molecule has 1 nitrogen and oxygen atoms in total. The highest BCUT2D eigenvalue weighted by molar-refractivity contribution is 9.10. The molecule has 20 heavy (non-hydrogen) atoms. The average Bonchev–Trinajstić information content (AvgIpc) is 2.43. The fraction of sp³-hybridized carbons (Fsp3) is 0.250. The van der Waals surface area contributed by atoms with Crippen molar-refractivity contribution < 1.29 is 9.50 Å². The minimum absolute atomic E-state index is 0.0525. The molecule has 0 saturated heterocycles. The Balaban J connectivity index is 2.11. The van der Waals surface area contributed by atoms with Gasteiger partial charge in [-0.05, 0) is 48.1 Å². The van der Waals surface area contributed by atoms with Crippen molar-refractivity contribution in [2.75, 3.05) is 6.61 Å². The Hall–Kier alpha value is -0.900. The summed E-state index contributed by atoms with van der Waals surface area (Å²) in [4.78, 5) is 0. The van der Waals surface area contributed by atoms with Crippen LogP contribution in [0.4, 0.5) is 4.39 Å². The van der Waals surface area contributed by atoms with Crippen molar-refractivity contribution in [2.45, 2.75) is 12.8 Å². The molecule has 0 amide bonds. The number of benzene rings is 2. The minimum Gasteiger partial charge on any atom is -0.396 e. The second-order valence-corrected chi connectivity index (χ2v) is 6.05. The summed E-state index contributed by atoms with van der Waals surface area (Å²) < 4.78 is 13.8. The number of halogens is 3. The zero-order valence-electron chi connectivity index (χ0n) is 10.8. The van der Waals surface area contributed by atoms with E-state index in [1.54, 1.807) is 6.07 Å². The molecule has 1 N–H and O–H groups in total. The van der Waals surface area contributed by atoms with Gasteiger partial charge in [0.15, 0.2) is 0 Å². The molecule has 2 aromatic rings. The molecule has 0 spiro atoms. The normalized spacial score (nSPS) is 12.4. The third kappa shape index (κ3) is 4.05. The van der Waals surface area contributed by atoms with Crippen molar-refractivity contribution >= 4 is 27.5 Å². The van der Waals surface area contributed by atoms with Gasteiger partial charge in [0.05, 0.1) is 0 Å². The van der Waals surface area contributed by atoms with Crippen LogP contribution in [-0.4, -0.2) is 11.7 Å². The Morgan fingerprint density at radius 3 is 2.45 bits per heavy atom. The Morgan fingerprint density at radius 2 is 1.80 bits per heavy atom. The Kier molecular flexibility index (Phi) is 5.58. The number of rotatable bonds is 5. The minimum atomic E-state index is -0.271. The highest BCUT2D eigenvalue weighted by atomic mass is 79.9. The molecule has 0 radical (unpaired) electrons. The first-order valence-corrected chi connectivity index (χ1v) is 7.55. The summed E-state index contributed by atoms with van der Waals surface area (Å²) in [6, 6.07) is 12.3. The molecule has 0 aliphatic heterocycles. The van der Waals surface area contributed by atoms with Gasteiger partial charge in [-0.1, -0.05) is 51.8 Å². The van der Waals surface area contributed by atoms with Gasteiger partial charge in [0.2, 0.25) is 0 Å². The molecular weight excluding hydrogens is 343 g/mol. The predicted molar refractivity (Wildman–Crippen MR) is 83.5 cm³/mol. The number of hydrogen-bond donors (Lipinski definition) is 1. The fourth-order valence-corrected chi connectivity index (χ4v) is 2.90. The van der Waals surface area contributed by atoms with Gasteiger partial charge in [-0.3, -0.25) is 0 Å². The van der Waals surface area contributed by atoms with Crippen LogP contribution in [0.2, 0.25) is 5.02 Å². The lowest BCUT2D eigenvalue weighted by molar-refractivity contribution is 0.225. The van der Waals surface area contributed by atoms with Crippen LogP contribution in [-0.2, 0) is 12.8 Å². The molecular formula is C16H15BrClFO. The molecule has 0 aliphatic carbocycles. The van der Waals surface area contributed by atoms with Gasteiger partial charge in [-0.2, -0.15) is 0 Å². The second-order valence-electron chi connectivity index (χ2n) is 4.78. The Bertz CT molecular complexity index is 588. The maximum absolute atomic E-state index is 13.1. The van der Waals surface area contributed by atoms with Crippen molar-refractivity contribution in [3.63, 3.8) is 0 Å². The van der Waals surface area contributed by atoms with Crippen molar-refractivity contribution in [1.82, 2.24) is 0 Å². The topological polar surface area (TPSA) is 20.2 Å². The van der Waals surface area contributed by atoms with Crippen LogP contribution in [0.15, 0.2) is 46.9 Å². The first-order valence-electron chi connectivity index (χ1n) is 6.38. The van der Waals surface area contributed by atoms with E-state index in [2.05, 4.69) is 15.9 Å². The van der Waals surface area contributed by atoms with Crippen LogP contribution >= 0.6 is 27.5 Å². The molecule has 2 rings (SSSR count). The SMILES string of the molecule is OCC(Cc1ccccc1Cl)Cc1ccc(F)cc1Br. The van der Waals surface area contributed by atoms with E-state index < -0.39 is 0 Å². The lowest BCUT2D eigenvalue weighted by Crippen LogP contribution is -2.13. The number of aliphatic hydroxyl groups is 1. The van der Waals surface area contributed by atoms with Gasteiger partial charge in [-0.25, -0.2) is 4.39 Å². The average molecular weight is 358 g/mol. The molecule has 1 atom stereocenters. The van der Waals surface area contributed by atoms with Gasteiger partial charge < -0.3 is 5.11 Å². The van der Waals surface area contributed by atoms with Crippen LogP contribution < -0.4 is 0 Å². The second kappa shape index (κ2) is 7.21. The zero-order chi connectivity index (χ0) is 14.5. The van der Waals surface area contributed by atoms with Crippen LogP contribution in [0.1, 0.15) is 11.1 Å². The summed E-state index contributed by atoms with van der Waals surface area (Å²) in [7, 11) is 0. The van der Waals surface area contributed by atoms with Crippen molar-refractivity contribution in [1.29, 1.82) is 0 Å². The Labute approximate surface area is 131 Å². The van der Waals surface area contributed by atoms with Crippen molar-refractivity contribution in [2.24, 2.45) is 5.92 Å². The summed E-state index contributed by atoms with van der Waals surface area (Å²) in [5.74, 6) is -0.219. The third-order valence-electron chi connectivity index (χ3n) is 3.25. The van der Waals surface area contributed by atoms with Gasteiger partial charge in [-0.15, -0.1) is 0 Å². The fourth-order valence-electron chi connectivity index (χ4n) is 2.17. The molecule has 1 unspecified atom stereocenters. The van der Waals surface area contributed by atoms with E-state index in [1.165, 1.54) is 12.1 Å². The van der Waals surface area contributed by atoms with Gasteiger partial charge in [0.1, 0.15) is 5.82 Å². The van der Waals surface area contributed by atoms with Gasteiger partial charge in [0, 0.05) is 16.1 Å². The first kappa shape index (κ1) is 15.5. The highest BCUT2D eigenvalue weighted by Crippen LogP contribution is 2.25. The first-order chi connectivity index (χ1) is 9.60. The smallest absolute Gasteiger partial charge is 0.124 e. The molecule has 0 aromatic heterocycles. The number of hydrogen-bond acceptors (Lipinski definition) is 1. The van der Waals surface area contributed by atoms with E-state index in [0.29, 0.717) is 17.9 Å². The standard InChI is InChI=1S/C16H15BrClFO/c17-15-9-14(19)6-5-12(15)7-11(10-20)8-13-3-1-2-4-16(13)18/h1-6,9,11,20H,7-8,10H2. The van der Waals surface area contributed by atoms with E-state index in [9.17, 15) is 9.50 Å². The van der Waals surface area contributed by atoms with E-state index in [4.69, 9.17) is 11.6 Å². The summed E-state index contributed by atoms with van der Waals surface area (Å²) in [5.41, 5.74) is 2.00. The quantitative estimate of drug-likeness (QED) is 0.827. The lowest BCUT2D eigenvalue weighted by Gasteiger charge is -2.16. The molecule has 0 bridgehead atoms. The summed E-state index contributed by atoms with van der Waals surface area (Å²) >= 11 is 9.50. The van der Waals surface area contributed by atoms with Gasteiger partial charge >= 0.3 is 0 Å². The zero-order valence-corrected chi connectivity index (χ0v) is 13.2. The molecule has 106 valence electrons. The van der Waals surface area contributed by atoms with Crippen molar-refractivity contribution in [3.05, 3.63) is 68.9 Å². The van der Waals surface area contributed by atoms with Crippen LogP contribution in [0, 0.1) is 11.7 Å².